The van der Waals surface area contributed by atoms with Crippen LogP contribution in [0, 0.1) is 6.92 Å². The number of amides is 3. The van der Waals surface area contributed by atoms with Gasteiger partial charge in [-0.3, -0.25) is 14.4 Å². The van der Waals surface area contributed by atoms with E-state index in [4.69, 9.17) is 27.9 Å². The molecule has 212 valence electrons. The largest absolute Gasteiger partial charge is 0.383 e. The van der Waals surface area contributed by atoms with Crippen molar-refractivity contribution in [2.24, 2.45) is 0 Å². The van der Waals surface area contributed by atoms with Crippen molar-refractivity contribution in [3.8, 4) is 0 Å². The molecule has 9 nitrogen and oxygen atoms in total. The lowest BCUT2D eigenvalue weighted by molar-refractivity contribution is -0.130. The Labute approximate surface area is 247 Å². The molecule has 1 aliphatic rings. The summed E-state index contributed by atoms with van der Waals surface area (Å²) in [6.45, 7) is 5.18. The van der Waals surface area contributed by atoms with E-state index in [2.05, 4.69) is 34.3 Å². The number of nitrogens with zero attached hydrogens (tertiary/aromatic N) is 4. The highest BCUT2D eigenvalue weighted by Crippen LogP contribution is 2.24. The SMILES string of the molecule is COCCN(CC(=O)Nc1nc(CC(=O)N2CCN(c3ccccc3C)CC2)cs1)C(=O)c1ccc(Cl)c(Cl)c1. The van der Waals surface area contributed by atoms with Gasteiger partial charge < -0.3 is 24.8 Å². The van der Waals surface area contributed by atoms with Crippen LogP contribution < -0.4 is 10.2 Å². The Hall–Kier alpha value is -3.18. The van der Waals surface area contributed by atoms with E-state index in [0.29, 0.717) is 34.5 Å². The number of carbonyl (C=O) groups excluding carboxylic acids is 3. The molecule has 4 rings (SSSR count). The van der Waals surface area contributed by atoms with Crippen LogP contribution >= 0.6 is 34.5 Å². The highest BCUT2D eigenvalue weighted by molar-refractivity contribution is 7.13. The number of rotatable bonds is 10. The number of nitrogens with one attached hydrogen (secondary N) is 1. The lowest BCUT2D eigenvalue weighted by atomic mass is 10.1. The maximum Gasteiger partial charge on any atom is 0.254 e. The minimum Gasteiger partial charge on any atom is -0.383 e. The number of halogens is 2. The summed E-state index contributed by atoms with van der Waals surface area (Å²) in [6, 6.07) is 12.8. The highest BCUT2D eigenvalue weighted by Gasteiger charge is 2.24. The van der Waals surface area contributed by atoms with Gasteiger partial charge in [-0.25, -0.2) is 4.98 Å². The van der Waals surface area contributed by atoms with Gasteiger partial charge in [0.15, 0.2) is 5.13 Å². The number of piperazine rings is 1. The molecule has 0 atom stereocenters. The molecule has 3 aromatic rings. The van der Waals surface area contributed by atoms with Gasteiger partial charge in [0.2, 0.25) is 11.8 Å². The Morgan fingerprint density at radius 2 is 1.82 bits per heavy atom. The fourth-order valence-electron chi connectivity index (χ4n) is 4.43. The third-order valence-corrected chi connectivity index (χ3v) is 8.12. The summed E-state index contributed by atoms with van der Waals surface area (Å²) in [4.78, 5) is 48.7. The summed E-state index contributed by atoms with van der Waals surface area (Å²) in [7, 11) is 1.52. The summed E-state index contributed by atoms with van der Waals surface area (Å²) in [6.07, 6.45) is 0.159. The van der Waals surface area contributed by atoms with Gasteiger partial charge in [0, 0.05) is 56.5 Å². The first-order valence-corrected chi connectivity index (χ1v) is 14.4. The van der Waals surface area contributed by atoms with Crippen LogP contribution in [0.1, 0.15) is 21.6 Å². The molecule has 40 heavy (non-hydrogen) atoms. The van der Waals surface area contributed by atoms with E-state index >= 15 is 0 Å². The van der Waals surface area contributed by atoms with E-state index in [0.717, 1.165) is 13.1 Å². The summed E-state index contributed by atoms with van der Waals surface area (Å²) in [5.74, 6) is -0.784. The molecule has 1 aliphatic heterocycles. The van der Waals surface area contributed by atoms with Crippen molar-refractivity contribution in [2.45, 2.75) is 13.3 Å². The van der Waals surface area contributed by atoms with Crippen molar-refractivity contribution in [3.05, 3.63) is 74.7 Å². The number of para-hydroxylation sites is 1. The van der Waals surface area contributed by atoms with Crippen LogP contribution in [0.2, 0.25) is 10.0 Å². The number of anilines is 2. The second-order valence-electron chi connectivity index (χ2n) is 9.37. The molecule has 1 aromatic heterocycles. The van der Waals surface area contributed by atoms with Crippen molar-refractivity contribution < 1.29 is 19.1 Å². The first-order chi connectivity index (χ1) is 19.2. The van der Waals surface area contributed by atoms with Crippen molar-refractivity contribution in [2.75, 3.05) is 63.2 Å². The summed E-state index contributed by atoms with van der Waals surface area (Å²) in [5.41, 5.74) is 3.33. The number of aryl methyl sites for hydroxylation is 1. The Kier molecular flexibility index (Phi) is 10.4. The third kappa shape index (κ3) is 7.72. The standard InChI is InChI=1S/C28H31Cl2N5O4S/c1-19-5-3-4-6-24(19)33-9-11-34(12-10-33)26(37)16-21-18-40-28(31-21)32-25(36)17-35(13-14-39-2)27(38)20-7-8-22(29)23(30)15-20/h3-8,15,18H,9-14,16-17H2,1-2H3,(H,31,32,36). The van der Waals surface area contributed by atoms with Gasteiger partial charge in [0.1, 0.15) is 6.54 Å². The summed E-state index contributed by atoms with van der Waals surface area (Å²) in [5, 5.41) is 5.45. The Bertz CT molecular complexity index is 1360. The van der Waals surface area contributed by atoms with Crippen molar-refractivity contribution in [1.29, 1.82) is 0 Å². The van der Waals surface area contributed by atoms with Crippen LogP contribution in [-0.2, 0) is 20.7 Å². The normalized spacial score (nSPS) is 13.3. The van der Waals surface area contributed by atoms with E-state index < -0.39 is 5.91 Å². The first kappa shape index (κ1) is 29.8. The molecule has 1 saturated heterocycles. The first-order valence-electron chi connectivity index (χ1n) is 12.8. The number of benzene rings is 2. The van der Waals surface area contributed by atoms with E-state index in [1.54, 1.807) is 11.4 Å². The zero-order valence-electron chi connectivity index (χ0n) is 22.4. The zero-order valence-corrected chi connectivity index (χ0v) is 24.7. The Morgan fingerprint density at radius 3 is 2.52 bits per heavy atom. The Morgan fingerprint density at radius 1 is 1.07 bits per heavy atom. The predicted octanol–water partition coefficient (Wildman–Crippen LogP) is 4.38. The minimum atomic E-state index is -0.413. The smallest absolute Gasteiger partial charge is 0.254 e. The second-order valence-corrected chi connectivity index (χ2v) is 11.0. The molecule has 0 saturated carbocycles. The molecule has 0 spiro atoms. The average molecular weight is 605 g/mol. The molecule has 2 aromatic carbocycles. The maximum absolute atomic E-state index is 13.0. The minimum absolute atomic E-state index is 0.00516. The number of methoxy groups -OCH3 is 1. The highest BCUT2D eigenvalue weighted by atomic mass is 35.5. The lowest BCUT2D eigenvalue weighted by Crippen LogP contribution is -2.49. The number of hydrogen-bond acceptors (Lipinski definition) is 7. The number of ether oxygens (including phenoxy) is 1. The van der Waals surface area contributed by atoms with Crippen LogP contribution in [0.25, 0.3) is 0 Å². The summed E-state index contributed by atoms with van der Waals surface area (Å²) >= 11 is 13.3. The van der Waals surface area contributed by atoms with Crippen LogP contribution in [0.5, 0.6) is 0 Å². The van der Waals surface area contributed by atoms with Crippen LogP contribution in [0.15, 0.2) is 47.8 Å². The van der Waals surface area contributed by atoms with Gasteiger partial charge in [-0.05, 0) is 36.8 Å². The molecule has 3 amide bonds. The molecule has 0 bridgehead atoms. The molecule has 2 heterocycles. The molecule has 1 N–H and O–H groups in total. The number of aromatic nitrogens is 1. The molecular formula is C28H31Cl2N5O4S. The number of hydrogen-bond donors (Lipinski definition) is 1. The number of carbonyl (C=O) groups is 3. The monoisotopic (exact) mass is 603 g/mol. The van der Waals surface area contributed by atoms with E-state index in [1.807, 2.05) is 17.0 Å². The molecule has 0 radical (unpaired) electrons. The van der Waals surface area contributed by atoms with Gasteiger partial charge in [-0.1, -0.05) is 41.4 Å². The van der Waals surface area contributed by atoms with Gasteiger partial charge in [-0.2, -0.15) is 0 Å². The number of thiazole rings is 1. The maximum atomic E-state index is 13.0. The van der Waals surface area contributed by atoms with Crippen molar-refractivity contribution in [1.82, 2.24) is 14.8 Å². The van der Waals surface area contributed by atoms with Gasteiger partial charge in [0.25, 0.3) is 5.91 Å². The van der Waals surface area contributed by atoms with Gasteiger partial charge >= 0.3 is 0 Å². The average Bonchev–Trinajstić information content (AvgIpc) is 3.38. The molecule has 1 fully saturated rings. The Balaban J connectivity index is 1.29. The van der Waals surface area contributed by atoms with Crippen molar-refractivity contribution >= 4 is 63.1 Å². The van der Waals surface area contributed by atoms with E-state index in [1.165, 1.54) is 46.7 Å². The fraction of sp³-hybridized carbons (Fsp3) is 0.357. The molecular weight excluding hydrogens is 573 g/mol. The fourth-order valence-corrected chi connectivity index (χ4v) is 5.45. The molecule has 0 aliphatic carbocycles. The zero-order chi connectivity index (χ0) is 28.6. The lowest BCUT2D eigenvalue weighted by Gasteiger charge is -2.36. The topological polar surface area (TPSA) is 95.1 Å². The quantitative estimate of drug-likeness (QED) is 0.369. The molecule has 0 unspecified atom stereocenters. The van der Waals surface area contributed by atoms with Gasteiger partial charge in [0.05, 0.1) is 28.8 Å². The van der Waals surface area contributed by atoms with Crippen molar-refractivity contribution in [3.63, 3.8) is 0 Å². The predicted molar refractivity (Wildman–Crippen MR) is 159 cm³/mol. The summed E-state index contributed by atoms with van der Waals surface area (Å²) < 4.78 is 5.10. The van der Waals surface area contributed by atoms with E-state index in [9.17, 15) is 14.4 Å². The second kappa shape index (κ2) is 13.9. The third-order valence-electron chi connectivity index (χ3n) is 6.57. The van der Waals surface area contributed by atoms with Gasteiger partial charge in [-0.15, -0.1) is 11.3 Å². The van der Waals surface area contributed by atoms with Crippen LogP contribution in [0.4, 0.5) is 10.8 Å². The molecule has 12 heteroatoms. The van der Waals surface area contributed by atoms with E-state index in [-0.39, 0.29) is 43.0 Å². The van der Waals surface area contributed by atoms with Crippen LogP contribution in [-0.4, -0.2) is 85.5 Å². The van der Waals surface area contributed by atoms with Crippen LogP contribution in [0.3, 0.4) is 0 Å².